The van der Waals surface area contributed by atoms with E-state index in [9.17, 15) is 33.9 Å². The number of nitrogens with one attached hydrogen (secondary N) is 3. The minimum Gasteiger partial charge on any atom is -0.481 e. The molecule has 4 unspecified atom stereocenters. The molecule has 4 amide bonds. The van der Waals surface area contributed by atoms with Crippen LogP contribution in [0.4, 0.5) is 0 Å². The van der Waals surface area contributed by atoms with Crippen LogP contribution < -0.4 is 27.4 Å². The Kier molecular flexibility index (Phi) is 11.8. The average molecular weight is 495 g/mol. The van der Waals surface area contributed by atoms with E-state index in [-0.39, 0.29) is 19.3 Å². The summed E-state index contributed by atoms with van der Waals surface area (Å²) in [4.78, 5) is 71.1. The minimum absolute atomic E-state index is 0.109. The minimum atomic E-state index is -1.64. The molecule has 0 saturated carbocycles. The smallest absolute Gasteiger partial charge is 0.328 e. The molecule has 0 aliphatic heterocycles. The highest BCUT2D eigenvalue weighted by Gasteiger charge is 2.31. The summed E-state index contributed by atoms with van der Waals surface area (Å²) >= 11 is 0. The second-order valence-corrected chi connectivity index (χ2v) is 7.60. The molecule has 0 radical (unpaired) electrons. The number of nitrogens with two attached hydrogens (primary N) is 2. The number of carboxylic acids is 2. The molecule has 4 atom stereocenters. The summed E-state index contributed by atoms with van der Waals surface area (Å²) in [5, 5.41) is 34.0. The summed E-state index contributed by atoms with van der Waals surface area (Å²) in [6, 6.07) is 2.41. The van der Waals surface area contributed by atoms with Gasteiger partial charge >= 0.3 is 11.9 Å². The molecule has 0 aliphatic carbocycles. The highest BCUT2D eigenvalue weighted by Crippen LogP contribution is 2.06. The van der Waals surface area contributed by atoms with Gasteiger partial charge in [0.05, 0.1) is 19.1 Å². The van der Waals surface area contributed by atoms with Crippen LogP contribution in [0, 0.1) is 0 Å². The van der Waals surface area contributed by atoms with Gasteiger partial charge in [0, 0.05) is 12.8 Å². The Bertz CT molecular complexity index is 925. The first-order chi connectivity index (χ1) is 16.4. The molecule has 10 N–H and O–H groups in total. The van der Waals surface area contributed by atoms with Crippen LogP contribution >= 0.6 is 0 Å². The quantitative estimate of drug-likeness (QED) is 0.121. The molecule has 1 aromatic carbocycles. The lowest BCUT2D eigenvalue weighted by Crippen LogP contribution is -2.58. The number of hydrogen-bond acceptors (Lipinski definition) is 8. The van der Waals surface area contributed by atoms with E-state index < -0.39 is 72.8 Å². The van der Waals surface area contributed by atoms with Crippen LogP contribution in [0.3, 0.4) is 0 Å². The molecule has 0 saturated heterocycles. The molecule has 0 heterocycles. The van der Waals surface area contributed by atoms with E-state index in [1.807, 2.05) is 0 Å². The number of amides is 4. The third-order valence-corrected chi connectivity index (χ3v) is 4.76. The maximum absolute atomic E-state index is 12.8. The van der Waals surface area contributed by atoms with Crippen molar-refractivity contribution in [3.63, 3.8) is 0 Å². The Morgan fingerprint density at radius 2 is 1.37 bits per heavy atom. The third-order valence-electron chi connectivity index (χ3n) is 4.76. The second-order valence-electron chi connectivity index (χ2n) is 7.60. The standard InChI is InChI=1S/C21H29N5O9/c22-12(6-7-16(23)28)18(31)24-14(9-17(29)30)20(33)25-13(8-11-4-2-1-3-5-11)19(32)26-15(10-27)21(34)35/h1-5,12-15,27H,6-10,22H2,(H2,23,28)(H,24,31)(H,25,33)(H,26,32)(H,29,30)(H,34,35). The fourth-order valence-corrected chi connectivity index (χ4v) is 2.88. The number of carbonyl (C=O) groups is 6. The first-order valence-electron chi connectivity index (χ1n) is 10.5. The summed E-state index contributed by atoms with van der Waals surface area (Å²) in [6.07, 6.45) is -1.31. The van der Waals surface area contributed by atoms with Crippen LogP contribution in [-0.2, 0) is 35.2 Å². The molecule has 0 fully saturated rings. The number of rotatable bonds is 15. The van der Waals surface area contributed by atoms with Crippen LogP contribution in [0.2, 0.25) is 0 Å². The number of aliphatic hydroxyl groups is 1. The number of primary amides is 1. The molecule has 35 heavy (non-hydrogen) atoms. The maximum Gasteiger partial charge on any atom is 0.328 e. The number of carboxylic acid groups (broad SMARTS) is 2. The van der Waals surface area contributed by atoms with Gasteiger partial charge in [-0.3, -0.25) is 24.0 Å². The monoisotopic (exact) mass is 495 g/mol. The molecule has 14 nitrogen and oxygen atoms in total. The van der Waals surface area contributed by atoms with Crippen molar-refractivity contribution in [3.8, 4) is 0 Å². The zero-order valence-electron chi connectivity index (χ0n) is 18.7. The molecule has 14 heteroatoms. The van der Waals surface area contributed by atoms with E-state index >= 15 is 0 Å². The highest BCUT2D eigenvalue weighted by molar-refractivity contribution is 5.95. The van der Waals surface area contributed by atoms with Crippen LogP contribution in [0.25, 0.3) is 0 Å². The van der Waals surface area contributed by atoms with Crippen molar-refractivity contribution in [1.29, 1.82) is 0 Å². The van der Waals surface area contributed by atoms with Crippen LogP contribution in [0.5, 0.6) is 0 Å². The summed E-state index contributed by atoms with van der Waals surface area (Å²) in [5.74, 6) is -6.57. The van der Waals surface area contributed by atoms with Gasteiger partial charge in [-0.05, 0) is 12.0 Å². The van der Waals surface area contributed by atoms with Crippen molar-refractivity contribution in [2.75, 3.05) is 6.61 Å². The summed E-state index contributed by atoms with van der Waals surface area (Å²) in [7, 11) is 0. The number of hydrogen-bond donors (Lipinski definition) is 8. The Morgan fingerprint density at radius 1 is 0.829 bits per heavy atom. The zero-order valence-corrected chi connectivity index (χ0v) is 18.7. The van der Waals surface area contributed by atoms with Crippen molar-refractivity contribution in [2.45, 2.75) is 49.9 Å². The van der Waals surface area contributed by atoms with E-state index in [0.29, 0.717) is 5.56 Å². The highest BCUT2D eigenvalue weighted by atomic mass is 16.4. The van der Waals surface area contributed by atoms with Crippen molar-refractivity contribution in [3.05, 3.63) is 35.9 Å². The lowest BCUT2D eigenvalue weighted by atomic mass is 10.0. The first kappa shape index (κ1) is 29.0. The van der Waals surface area contributed by atoms with Gasteiger partial charge in [-0.2, -0.15) is 0 Å². The van der Waals surface area contributed by atoms with Crippen LogP contribution in [0.15, 0.2) is 30.3 Å². The van der Waals surface area contributed by atoms with E-state index in [4.69, 9.17) is 21.7 Å². The molecule has 0 aliphatic rings. The summed E-state index contributed by atoms with van der Waals surface area (Å²) < 4.78 is 0. The second kappa shape index (κ2) is 14.3. The van der Waals surface area contributed by atoms with E-state index in [0.717, 1.165) is 0 Å². The largest absolute Gasteiger partial charge is 0.481 e. The van der Waals surface area contributed by atoms with Crippen LogP contribution in [-0.4, -0.2) is 81.7 Å². The molecule has 0 spiro atoms. The van der Waals surface area contributed by atoms with Crippen molar-refractivity contribution in [1.82, 2.24) is 16.0 Å². The van der Waals surface area contributed by atoms with Crippen LogP contribution in [0.1, 0.15) is 24.8 Å². The number of benzene rings is 1. The molecular weight excluding hydrogens is 466 g/mol. The van der Waals surface area contributed by atoms with E-state index in [1.54, 1.807) is 30.3 Å². The average Bonchev–Trinajstić information content (AvgIpc) is 2.79. The van der Waals surface area contributed by atoms with Crippen molar-refractivity contribution in [2.24, 2.45) is 11.5 Å². The SMILES string of the molecule is NC(=O)CCC(N)C(=O)NC(CC(=O)O)C(=O)NC(Cc1ccccc1)C(=O)NC(CO)C(=O)O. The number of aliphatic hydroxyl groups excluding tert-OH is 1. The van der Waals surface area contributed by atoms with Gasteiger partial charge in [0.1, 0.15) is 18.1 Å². The first-order valence-corrected chi connectivity index (χ1v) is 10.5. The van der Waals surface area contributed by atoms with Gasteiger partial charge in [-0.1, -0.05) is 30.3 Å². The van der Waals surface area contributed by atoms with E-state index in [1.165, 1.54) is 0 Å². The lowest BCUT2D eigenvalue weighted by molar-refractivity contribution is -0.144. The zero-order chi connectivity index (χ0) is 26.5. The normalized spacial score (nSPS) is 14.0. The van der Waals surface area contributed by atoms with Gasteiger partial charge in [0.25, 0.3) is 0 Å². The molecule has 1 aromatic rings. The third kappa shape index (κ3) is 10.6. The maximum atomic E-state index is 12.8. The fourth-order valence-electron chi connectivity index (χ4n) is 2.88. The summed E-state index contributed by atoms with van der Waals surface area (Å²) in [6.45, 7) is -0.909. The van der Waals surface area contributed by atoms with Crippen molar-refractivity contribution < 1.29 is 44.1 Å². The predicted octanol–water partition coefficient (Wildman–Crippen LogP) is -3.17. The number of aliphatic carboxylic acids is 2. The Hall–Kier alpha value is -4.04. The fraction of sp³-hybridized carbons (Fsp3) is 0.429. The van der Waals surface area contributed by atoms with Gasteiger partial charge in [-0.15, -0.1) is 0 Å². The van der Waals surface area contributed by atoms with E-state index in [2.05, 4.69) is 16.0 Å². The number of carbonyl (C=O) groups excluding carboxylic acids is 4. The van der Waals surface area contributed by atoms with Gasteiger partial charge < -0.3 is 42.7 Å². The van der Waals surface area contributed by atoms with Gasteiger partial charge in [0.15, 0.2) is 0 Å². The van der Waals surface area contributed by atoms with Gasteiger partial charge in [0.2, 0.25) is 23.6 Å². The molecule has 0 bridgehead atoms. The lowest BCUT2D eigenvalue weighted by Gasteiger charge is -2.24. The molecular formula is C21H29N5O9. The summed E-state index contributed by atoms with van der Waals surface area (Å²) in [5.41, 5.74) is 11.2. The molecule has 192 valence electrons. The van der Waals surface area contributed by atoms with Crippen molar-refractivity contribution >= 4 is 35.6 Å². The molecule has 0 aromatic heterocycles. The topological polar surface area (TPSA) is 251 Å². The Balaban J connectivity index is 3.06. The molecule has 1 rings (SSSR count). The Labute approximate surface area is 200 Å². The predicted molar refractivity (Wildman–Crippen MR) is 119 cm³/mol. The van der Waals surface area contributed by atoms with Gasteiger partial charge in [-0.25, -0.2) is 4.79 Å². The Morgan fingerprint density at radius 3 is 1.89 bits per heavy atom.